The van der Waals surface area contributed by atoms with Gasteiger partial charge in [-0.05, 0) is 37.3 Å². The molecule has 0 aliphatic heterocycles. The van der Waals surface area contributed by atoms with Crippen LogP contribution in [0, 0.1) is 11.6 Å². The predicted octanol–water partition coefficient (Wildman–Crippen LogP) is 3.89. The van der Waals surface area contributed by atoms with Crippen LogP contribution in [-0.2, 0) is 4.74 Å². The molecule has 0 radical (unpaired) electrons. The second-order valence-corrected chi connectivity index (χ2v) is 4.06. The lowest BCUT2D eigenvalue weighted by Crippen LogP contribution is -2.04. The average molecular weight is 277 g/mol. The molecule has 0 bridgehead atoms. The predicted molar refractivity (Wildman–Crippen MR) is 72.0 cm³/mol. The Hall–Kier alpha value is -2.43. The summed E-state index contributed by atoms with van der Waals surface area (Å²) in [6.07, 6.45) is 0. The van der Waals surface area contributed by atoms with E-state index in [2.05, 4.69) is 5.32 Å². The van der Waals surface area contributed by atoms with Gasteiger partial charge >= 0.3 is 5.97 Å². The molecular weight excluding hydrogens is 264 g/mol. The van der Waals surface area contributed by atoms with Gasteiger partial charge in [-0.15, -0.1) is 0 Å². The highest BCUT2D eigenvalue weighted by Gasteiger charge is 2.07. The van der Waals surface area contributed by atoms with Crippen molar-refractivity contribution in [3.8, 4) is 0 Å². The van der Waals surface area contributed by atoms with Crippen LogP contribution in [0.4, 0.5) is 20.2 Å². The molecule has 0 fully saturated rings. The minimum Gasteiger partial charge on any atom is -0.462 e. The SMILES string of the molecule is CCOC(=O)c1cccc(Nc2ccc(F)c(F)c2)c1. The number of rotatable bonds is 4. The van der Waals surface area contributed by atoms with Crippen molar-refractivity contribution < 1.29 is 18.3 Å². The molecule has 0 spiro atoms. The monoisotopic (exact) mass is 277 g/mol. The van der Waals surface area contributed by atoms with Crippen molar-refractivity contribution >= 4 is 17.3 Å². The smallest absolute Gasteiger partial charge is 0.338 e. The van der Waals surface area contributed by atoms with E-state index in [0.29, 0.717) is 23.5 Å². The molecule has 0 heterocycles. The Bertz CT molecular complexity index is 629. The zero-order valence-electron chi connectivity index (χ0n) is 10.8. The van der Waals surface area contributed by atoms with Gasteiger partial charge in [-0.25, -0.2) is 13.6 Å². The molecule has 3 nitrogen and oxygen atoms in total. The van der Waals surface area contributed by atoms with Gasteiger partial charge in [0.1, 0.15) is 0 Å². The van der Waals surface area contributed by atoms with Crippen LogP contribution < -0.4 is 5.32 Å². The fourth-order valence-electron chi connectivity index (χ4n) is 1.68. The number of esters is 1. The lowest BCUT2D eigenvalue weighted by molar-refractivity contribution is 0.0526. The maximum Gasteiger partial charge on any atom is 0.338 e. The molecule has 0 saturated carbocycles. The number of nitrogens with one attached hydrogen (secondary N) is 1. The van der Waals surface area contributed by atoms with Gasteiger partial charge in [0.05, 0.1) is 12.2 Å². The summed E-state index contributed by atoms with van der Waals surface area (Å²) in [6.45, 7) is 2.01. The fraction of sp³-hybridized carbons (Fsp3) is 0.133. The maximum absolute atomic E-state index is 13.1. The number of hydrogen-bond donors (Lipinski definition) is 1. The molecule has 5 heteroatoms. The largest absolute Gasteiger partial charge is 0.462 e. The summed E-state index contributed by atoms with van der Waals surface area (Å²) in [5, 5.41) is 2.89. The molecule has 0 atom stereocenters. The molecule has 2 aromatic carbocycles. The molecule has 104 valence electrons. The number of benzene rings is 2. The number of halogens is 2. The topological polar surface area (TPSA) is 38.3 Å². The second-order valence-electron chi connectivity index (χ2n) is 4.06. The van der Waals surface area contributed by atoms with E-state index in [1.807, 2.05) is 0 Å². The number of hydrogen-bond acceptors (Lipinski definition) is 3. The summed E-state index contributed by atoms with van der Waals surface area (Å²) in [5.41, 5.74) is 1.37. The molecule has 1 N–H and O–H groups in total. The van der Waals surface area contributed by atoms with Crippen molar-refractivity contribution in [3.63, 3.8) is 0 Å². The molecule has 0 aromatic heterocycles. The Kier molecular flexibility index (Phi) is 4.30. The van der Waals surface area contributed by atoms with Crippen molar-refractivity contribution in [2.75, 3.05) is 11.9 Å². The third-order valence-electron chi connectivity index (χ3n) is 2.58. The first-order valence-electron chi connectivity index (χ1n) is 6.09. The van der Waals surface area contributed by atoms with E-state index in [9.17, 15) is 13.6 Å². The van der Waals surface area contributed by atoms with E-state index >= 15 is 0 Å². The lowest BCUT2D eigenvalue weighted by Gasteiger charge is -2.08. The zero-order valence-corrected chi connectivity index (χ0v) is 10.8. The highest BCUT2D eigenvalue weighted by molar-refractivity contribution is 5.90. The molecule has 20 heavy (non-hydrogen) atoms. The van der Waals surface area contributed by atoms with E-state index in [-0.39, 0.29) is 0 Å². The van der Waals surface area contributed by atoms with Crippen molar-refractivity contribution in [1.82, 2.24) is 0 Å². The molecule has 0 saturated heterocycles. The van der Waals surface area contributed by atoms with Crippen LogP contribution in [0.2, 0.25) is 0 Å². The zero-order chi connectivity index (χ0) is 14.5. The summed E-state index contributed by atoms with van der Waals surface area (Å²) in [7, 11) is 0. The summed E-state index contributed by atoms with van der Waals surface area (Å²) in [4.78, 5) is 11.6. The van der Waals surface area contributed by atoms with Gasteiger partial charge in [-0.1, -0.05) is 6.07 Å². The Morgan fingerprint density at radius 2 is 1.85 bits per heavy atom. The highest BCUT2D eigenvalue weighted by Crippen LogP contribution is 2.20. The Balaban J connectivity index is 2.19. The van der Waals surface area contributed by atoms with Gasteiger partial charge in [0, 0.05) is 17.4 Å². The van der Waals surface area contributed by atoms with Crippen LogP contribution in [0.25, 0.3) is 0 Å². The van der Waals surface area contributed by atoms with Crippen LogP contribution in [0.1, 0.15) is 17.3 Å². The van der Waals surface area contributed by atoms with Crippen LogP contribution in [-0.4, -0.2) is 12.6 Å². The van der Waals surface area contributed by atoms with Crippen LogP contribution >= 0.6 is 0 Å². The minimum absolute atomic E-state index is 0.291. The van der Waals surface area contributed by atoms with Gasteiger partial charge in [-0.3, -0.25) is 0 Å². The number of ether oxygens (including phenoxy) is 1. The second kappa shape index (κ2) is 6.14. The van der Waals surface area contributed by atoms with Crippen molar-refractivity contribution in [2.24, 2.45) is 0 Å². The summed E-state index contributed by atoms with van der Waals surface area (Å²) >= 11 is 0. The summed E-state index contributed by atoms with van der Waals surface area (Å²) in [6, 6.07) is 10.1. The Labute approximate surface area is 115 Å². The van der Waals surface area contributed by atoms with Crippen LogP contribution in [0.5, 0.6) is 0 Å². The van der Waals surface area contributed by atoms with Crippen molar-refractivity contribution in [3.05, 3.63) is 59.7 Å². The van der Waals surface area contributed by atoms with Gasteiger partial charge in [0.15, 0.2) is 11.6 Å². The third-order valence-corrected chi connectivity index (χ3v) is 2.58. The average Bonchev–Trinajstić information content (AvgIpc) is 2.43. The molecule has 2 rings (SSSR count). The molecule has 2 aromatic rings. The van der Waals surface area contributed by atoms with Gasteiger partial charge < -0.3 is 10.1 Å². The van der Waals surface area contributed by atoms with Crippen molar-refractivity contribution in [1.29, 1.82) is 0 Å². The lowest BCUT2D eigenvalue weighted by atomic mass is 10.2. The molecule has 0 amide bonds. The first-order chi connectivity index (χ1) is 9.60. The minimum atomic E-state index is -0.934. The van der Waals surface area contributed by atoms with Gasteiger partial charge in [-0.2, -0.15) is 0 Å². The number of carbonyl (C=O) groups excluding carboxylic acids is 1. The van der Waals surface area contributed by atoms with E-state index in [1.165, 1.54) is 6.07 Å². The normalized spacial score (nSPS) is 10.2. The third kappa shape index (κ3) is 3.32. The van der Waals surface area contributed by atoms with E-state index in [1.54, 1.807) is 31.2 Å². The van der Waals surface area contributed by atoms with E-state index in [0.717, 1.165) is 12.1 Å². The Morgan fingerprint density at radius 3 is 2.55 bits per heavy atom. The van der Waals surface area contributed by atoms with Gasteiger partial charge in [0.2, 0.25) is 0 Å². The highest BCUT2D eigenvalue weighted by atomic mass is 19.2. The summed E-state index contributed by atoms with van der Waals surface area (Å²) in [5.74, 6) is -2.27. The molecule has 0 aliphatic rings. The number of carbonyl (C=O) groups is 1. The quantitative estimate of drug-likeness (QED) is 0.862. The Morgan fingerprint density at radius 1 is 1.10 bits per heavy atom. The van der Waals surface area contributed by atoms with Crippen molar-refractivity contribution in [2.45, 2.75) is 6.92 Å². The molecule has 0 unspecified atom stereocenters. The standard InChI is InChI=1S/C15H13F2NO2/c1-2-20-15(19)10-4-3-5-11(8-10)18-12-6-7-13(16)14(17)9-12/h3-9,18H,2H2,1H3. The summed E-state index contributed by atoms with van der Waals surface area (Å²) < 4.78 is 30.8. The maximum atomic E-state index is 13.1. The first kappa shape index (κ1) is 14.0. The van der Waals surface area contributed by atoms with Crippen LogP contribution in [0.3, 0.4) is 0 Å². The van der Waals surface area contributed by atoms with Crippen LogP contribution in [0.15, 0.2) is 42.5 Å². The molecule has 0 aliphatic carbocycles. The number of anilines is 2. The van der Waals surface area contributed by atoms with E-state index < -0.39 is 17.6 Å². The van der Waals surface area contributed by atoms with Gasteiger partial charge in [0.25, 0.3) is 0 Å². The fourth-order valence-corrected chi connectivity index (χ4v) is 1.68. The first-order valence-corrected chi connectivity index (χ1v) is 6.09. The molecular formula is C15H13F2NO2. The van der Waals surface area contributed by atoms with E-state index in [4.69, 9.17) is 4.74 Å².